The minimum absolute atomic E-state index is 0.0718. The van der Waals surface area contributed by atoms with Crippen molar-refractivity contribution in [2.75, 3.05) is 33.2 Å². The van der Waals surface area contributed by atoms with E-state index in [-0.39, 0.29) is 23.5 Å². The van der Waals surface area contributed by atoms with Gasteiger partial charge in [-0.15, -0.1) is 0 Å². The van der Waals surface area contributed by atoms with Crippen LogP contribution < -0.4 is 0 Å². The molecule has 2 aromatic carbocycles. The summed E-state index contributed by atoms with van der Waals surface area (Å²) in [5, 5.41) is 2.41. The number of nitrogens with zero attached hydrogens (tertiary/aromatic N) is 2. The van der Waals surface area contributed by atoms with Crippen LogP contribution in [-0.4, -0.2) is 54.7 Å². The Labute approximate surface area is 172 Å². The molecule has 4 nitrogen and oxygen atoms in total. The molecule has 1 aliphatic carbocycles. The van der Waals surface area contributed by atoms with Crippen molar-refractivity contribution in [1.29, 1.82) is 0 Å². The molecule has 1 amide bonds. The Morgan fingerprint density at radius 3 is 2.45 bits per heavy atom. The van der Waals surface area contributed by atoms with Crippen LogP contribution in [0.25, 0.3) is 10.8 Å². The van der Waals surface area contributed by atoms with Crippen molar-refractivity contribution in [3.8, 4) is 0 Å². The predicted octanol–water partition coefficient (Wildman–Crippen LogP) is 3.70. The summed E-state index contributed by atoms with van der Waals surface area (Å²) in [5.74, 6) is 0.562. The van der Waals surface area contributed by atoms with E-state index in [1.165, 1.54) is 16.5 Å². The second kappa shape index (κ2) is 7.56. The van der Waals surface area contributed by atoms with E-state index in [4.69, 9.17) is 0 Å². The minimum atomic E-state index is -0.0718. The van der Waals surface area contributed by atoms with Crippen molar-refractivity contribution in [2.24, 2.45) is 11.8 Å². The third-order valence-electron chi connectivity index (χ3n) is 7.31. The Balaban J connectivity index is 1.36. The van der Waals surface area contributed by atoms with Gasteiger partial charge >= 0.3 is 0 Å². The van der Waals surface area contributed by atoms with Crippen LogP contribution in [0.5, 0.6) is 0 Å². The van der Waals surface area contributed by atoms with Crippen molar-refractivity contribution in [1.82, 2.24) is 9.80 Å². The molecule has 0 bridgehead atoms. The van der Waals surface area contributed by atoms with Gasteiger partial charge in [0.2, 0.25) is 5.91 Å². The Morgan fingerprint density at radius 2 is 1.66 bits per heavy atom. The number of aryl methyl sites for hydroxylation is 2. The Bertz CT molecular complexity index is 948. The molecule has 0 unspecified atom stereocenters. The van der Waals surface area contributed by atoms with Crippen LogP contribution in [0.4, 0.5) is 0 Å². The van der Waals surface area contributed by atoms with E-state index in [1.54, 1.807) is 0 Å². The number of hydrogen-bond donors (Lipinski definition) is 0. The van der Waals surface area contributed by atoms with Crippen LogP contribution in [0, 0.1) is 11.8 Å². The van der Waals surface area contributed by atoms with Gasteiger partial charge in [0.05, 0.1) is 0 Å². The summed E-state index contributed by atoms with van der Waals surface area (Å²) >= 11 is 0. The van der Waals surface area contributed by atoms with Crippen molar-refractivity contribution >= 4 is 22.5 Å². The third kappa shape index (κ3) is 3.38. The lowest BCUT2D eigenvalue weighted by atomic mass is 9.86. The van der Waals surface area contributed by atoms with Crippen LogP contribution in [0.1, 0.15) is 47.2 Å². The van der Waals surface area contributed by atoms with Crippen molar-refractivity contribution in [3.63, 3.8) is 0 Å². The normalized spacial score (nSPS) is 22.9. The first-order valence-electron chi connectivity index (χ1n) is 11.2. The molecular formula is C25H30N2O2. The van der Waals surface area contributed by atoms with Crippen molar-refractivity contribution in [2.45, 2.75) is 38.5 Å². The zero-order chi connectivity index (χ0) is 20.0. The molecule has 4 heteroatoms. The number of amides is 1. The number of carbonyl (C=O) groups excluding carboxylic acids is 2. The first kappa shape index (κ1) is 18.8. The van der Waals surface area contributed by atoms with E-state index in [2.05, 4.69) is 36.2 Å². The average molecular weight is 391 g/mol. The Hall–Kier alpha value is -2.20. The summed E-state index contributed by atoms with van der Waals surface area (Å²) in [4.78, 5) is 30.9. The largest absolute Gasteiger partial charge is 0.342 e. The fraction of sp³-hybridized carbons (Fsp3) is 0.520. The number of hydrogen-bond acceptors (Lipinski definition) is 3. The molecule has 3 aliphatic rings. The van der Waals surface area contributed by atoms with Gasteiger partial charge in [0.1, 0.15) is 0 Å². The highest BCUT2D eigenvalue weighted by molar-refractivity contribution is 6.11. The number of ketones is 1. The first-order chi connectivity index (χ1) is 14.1. The molecule has 2 heterocycles. The predicted molar refractivity (Wildman–Crippen MR) is 115 cm³/mol. The maximum absolute atomic E-state index is 13.5. The zero-order valence-corrected chi connectivity index (χ0v) is 17.3. The average Bonchev–Trinajstić information content (AvgIpc) is 3.19. The maximum atomic E-state index is 13.5. The smallest absolute Gasteiger partial charge is 0.225 e. The molecule has 2 aliphatic heterocycles. The van der Waals surface area contributed by atoms with Gasteiger partial charge in [0.15, 0.2) is 5.78 Å². The highest BCUT2D eigenvalue weighted by Crippen LogP contribution is 2.34. The summed E-state index contributed by atoms with van der Waals surface area (Å²) < 4.78 is 0. The summed E-state index contributed by atoms with van der Waals surface area (Å²) in [6, 6.07) is 10.6. The molecule has 1 atom stereocenters. The van der Waals surface area contributed by atoms with Crippen LogP contribution in [-0.2, 0) is 17.6 Å². The summed E-state index contributed by atoms with van der Waals surface area (Å²) in [5.41, 5.74) is 3.59. The van der Waals surface area contributed by atoms with E-state index in [0.29, 0.717) is 6.54 Å². The second-order valence-electron chi connectivity index (χ2n) is 9.18. The molecule has 152 valence electrons. The van der Waals surface area contributed by atoms with Crippen LogP contribution in [0.2, 0.25) is 0 Å². The molecule has 0 saturated carbocycles. The number of Topliss-reactive ketones (excluding diaryl/α,β-unsaturated/α-hetero) is 1. The number of likely N-dealkylation sites (tertiary alicyclic amines) is 2. The highest BCUT2D eigenvalue weighted by Gasteiger charge is 2.34. The maximum Gasteiger partial charge on any atom is 0.225 e. The molecule has 2 aromatic rings. The van der Waals surface area contributed by atoms with E-state index in [0.717, 1.165) is 69.1 Å². The van der Waals surface area contributed by atoms with Crippen LogP contribution in [0.3, 0.4) is 0 Å². The molecule has 0 radical (unpaired) electrons. The number of benzene rings is 2. The third-order valence-corrected chi connectivity index (χ3v) is 7.31. The standard InChI is InChI=1S/C25H30N2O2/c1-26-14-11-19(12-15-26)25(29)27-13-3-5-20(16-27)24(28)22-10-9-18-8-7-17-4-2-6-21(22)23(17)18/h2,4,6,9-10,19-20H,3,5,7-8,11-16H2,1H3/t20-/m0/s1. The Morgan fingerprint density at radius 1 is 0.897 bits per heavy atom. The van der Waals surface area contributed by atoms with Gasteiger partial charge in [-0.1, -0.05) is 30.3 Å². The van der Waals surface area contributed by atoms with E-state index in [1.807, 2.05) is 11.0 Å². The highest BCUT2D eigenvalue weighted by atomic mass is 16.2. The monoisotopic (exact) mass is 390 g/mol. The molecule has 5 rings (SSSR count). The number of piperidine rings is 2. The summed E-state index contributed by atoms with van der Waals surface area (Å²) in [6.45, 7) is 3.38. The molecule has 0 aromatic heterocycles. The lowest BCUT2D eigenvalue weighted by Gasteiger charge is -2.36. The topological polar surface area (TPSA) is 40.6 Å². The SMILES string of the molecule is CN1CCC(C(=O)N2CCC[C@H](C(=O)c3ccc4c5c(cccc35)CC4)C2)CC1. The molecular weight excluding hydrogens is 360 g/mol. The molecule has 0 spiro atoms. The van der Waals surface area contributed by atoms with Crippen LogP contribution in [0.15, 0.2) is 30.3 Å². The fourth-order valence-corrected chi connectivity index (χ4v) is 5.59. The molecule has 2 saturated heterocycles. The van der Waals surface area contributed by atoms with Crippen molar-refractivity contribution in [3.05, 3.63) is 47.0 Å². The molecule has 2 fully saturated rings. The summed E-state index contributed by atoms with van der Waals surface area (Å²) in [6.07, 6.45) is 5.85. The lowest BCUT2D eigenvalue weighted by molar-refractivity contribution is -0.138. The van der Waals surface area contributed by atoms with Crippen molar-refractivity contribution < 1.29 is 9.59 Å². The molecule has 29 heavy (non-hydrogen) atoms. The van der Waals surface area contributed by atoms with Gasteiger partial charge in [-0.05, 0) is 80.6 Å². The Kier molecular flexibility index (Phi) is 4.91. The number of carbonyl (C=O) groups is 2. The van der Waals surface area contributed by atoms with Gasteiger partial charge in [-0.25, -0.2) is 0 Å². The fourth-order valence-electron chi connectivity index (χ4n) is 5.59. The van der Waals surface area contributed by atoms with Gasteiger partial charge in [0.25, 0.3) is 0 Å². The van der Waals surface area contributed by atoms with E-state index < -0.39 is 0 Å². The summed E-state index contributed by atoms with van der Waals surface area (Å²) in [7, 11) is 2.12. The first-order valence-corrected chi connectivity index (χ1v) is 11.2. The lowest BCUT2D eigenvalue weighted by Crippen LogP contribution is -2.47. The molecule has 0 N–H and O–H groups in total. The van der Waals surface area contributed by atoms with E-state index in [9.17, 15) is 9.59 Å². The van der Waals surface area contributed by atoms with Gasteiger partial charge in [-0.2, -0.15) is 0 Å². The van der Waals surface area contributed by atoms with Crippen LogP contribution >= 0.6 is 0 Å². The minimum Gasteiger partial charge on any atom is -0.342 e. The van der Waals surface area contributed by atoms with Gasteiger partial charge in [0, 0.05) is 30.5 Å². The quantitative estimate of drug-likeness (QED) is 0.751. The zero-order valence-electron chi connectivity index (χ0n) is 17.3. The second-order valence-corrected chi connectivity index (χ2v) is 9.18. The van der Waals surface area contributed by atoms with Gasteiger partial charge < -0.3 is 9.80 Å². The van der Waals surface area contributed by atoms with E-state index >= 15 is 0 Å². The number of rotatable bonds is 3. The van der Waals surface area contributed by atoms with Gasteiger partial charge in [-0.3, -0.25) is 9.59 Å².